The maximum atomic E-state index is 10.9. The van der Waals surface area contributed by atoms with E-state index in [4.69, 9.17) is 14.9 Å². The van der Waals surface area contributed by atoms with Gasteiger partial charge in [0.05, 0.1) is 12.5 Å². The van der Waals surface area contributed by atoms with Crippen molar-refractivity contribution in [3.05, 3.63) is 30.0 Å². The van der Waals surface area contributed by atoms with Crippen LogP contribution in [0.5, 0.6) is 5.75 Å². The van der Waals surface area contributed by atoms with Gasteiger partial charge < -0.3 is 14.9 Å². The van der Waals surface area contributed by atoms with Gasteiger partial charge in [-0.25, -0.2) is 0 Å². The summed E-state index contributed by atoms with van der Waals surface area (Å²) in [6.45, 7) is 0. The van der Waals surface area contributed by atoms with Gasteiger partial charge in [0.1, 0.15) is 11.3 Å². The molecule has 0 saturated carbocycles. The molecule has 0 unspecified atom stereocenters. The van der Waals surface area contributed by atoms with Crippen LogP contribution in [-0.4, -0.2) is 13.0 Å². The van der Waals surface area contributed by atoms with Crippen molar-refractivity contribution in [2.75, 3.05) is 7.11 Å². The van der Waals surface area contributed by atoms with Gasteiger partial charge in [-0.2, -0.15) is 0 Å². The number of nitrogens with two attached hydrogens (primary N) is 1. The summed E-state index contributed by atoms with van der Waals surface area (Å²) in [5, 5.41) is 0.754. The monoisotopic (exact) mass is 191 g/mol. The molecular formula is C10H9NO3. The number of fused-ring (bicyclic) bond motifs is 1. The first-order valence-electron chi connectivity index (χ1n) is 4.08. The molecule has 0 spiro atoms. The van der Waals surface area contributed by atoms with Crippen LogP contribution in [0.15, 0.2) is 28.7 Å². The molecule has 0 radical (unpaired) electrons. The van der Waals surface area contributed by atoms with Crippen molar-refractivity contribution < 1.29 is 13.9 Å². The SMILES string of the molecule is COc1cccc2oc(C(N)=O)cc12. The third-order valence-corrected chi connectivity index (χ3v) is 1.98. The van der Waals surface area contributed by atoms with E-state index in [1.807, 2.05) is 0 Å². The second-order valence-electron chi connectivity index (χ2n) is 2.85. The second kappa shape index (κ2) is 3.06. The summed E-state index contributed by atoms with van der Waals surface area (Å²) in [5.41, 5.74) is 5.69. The van der Waals surface area contributed by atoms with Crippen molar-refractivity contribution in [2.24, 2.45) is 5.73 Å². The number of benzene rings is 1. The minimum Gasteiger partial charge on any atom is -0.496 e. The summed E-state index contributed by atoms with van der Waals surface area (Å²) < 4.78 is 10.3. The molecule has 1 amide bonds. The fourth-order valence-electron chi connectivity index (χ4n) is 1.33. The highest BCUT2D eigenvalue weighted by molar-refractivity contribution is 5.96. The van der Waals surface area contributed by atoms with Crippen molar-refractivity contribution >= 4 is 16.9 Å². The van der Waals surface area contributed by atoms with E-state index in [1.54, 1.807) is 31.4 Å². The number of rotatable bonds is 2. The van der Waals surface area contributed by atoms with E-state index in [0.717, 1.165) is 5.39 Å². The molecule has 0 fully saturated rings. The van der Waals surface area contributed by atoms with Crippen LogP contribution in [0.25, 0.3) is 11.0 Å². The van der Waals surface area contributed by atoms with Crippen molar-refractivity contribution in [3.63, 3.8) is 0 Å². The highest BCUT2D eigenvalue weighted by Gasteiger charge is 2.11. The number of primary amides is 1. The molecule has 0 aliphatic heterocycles. The average molecular weight is 191 g/mol. The number of hydrogen-bond acceptors (Lipinski definition) is 3. The molecule has 1 aromatic heterocycles. The summed E-state index contributed by atoms with van der Waals surface area (Å²) in [6, 6.07) is 6.92. The Kier molecular flexibility index (Phi) is 1.89. The van der Waals surface area contributed by atoms with Crippen molar-refractivity contribution in [2.45, 2.75) is 0 Å². The predicted molar refractivity (Wildman–Crippen MR) is 51.3 cm³/mol. The fraction of sp³-hybridized carbons (Fsp3) is 0.100. The summed E-state index contributed by atoms with van der Waals surface area (Å²) in [4.78, 5) is 10.9. The predicted octanol–water partition coefficient (Wildman–Crippen LogP) is 1.54. The first-order valence-corrected chi connectivity index (χ1v) is 4.08. The molecule has 2 N–H and O–H groups in total. The third-order valence-electron chi connectivity index (χ3n) is 1.98. The number of carbonyl (C=O) groups excluding carboxylic acids is 1. The first kappa shape index (κ1) is 8.62. The molecule has 72 valence electrons. The topological polar surface area (TPSA) is 65.5 Å². The van der Waals surface area contributed by atoms with Gasteiger partial charge in [-0.3, -0.25) is 4.79 Å². The third kappa shape index (κ3) is 1.21. The fourth-order valence-corrected chi connectivity index (χ4v) is 1.33. The van der Waals surface area contributed by atoms with Crippen LogP contribution in [0.3, 0.4) is 0 Å². The highest BCUT2D eigenvalue weighted by atomic mass is 16.5. The number of furan rings is 1. The van der Waals surface area contributed by atoms with Gasteiger partial charge >= 0.3 is 0 Å². The Morgan fingerprint density at radius 1 is 1.50 bits per heavy atom. The average Bonchev–Trinajstić information content (AvgIpc) is 2.60. The van der Waals surface area contributed by atoms with Crippen LogP contribution in [0.1, 0.15) is 10.6 Å². The Labute approximate surface area is 80.3 Å². The van der Waals surface area contributed by atoms with Crippen LogP contribution in [0, 0.1) is 0 Å². The summed E-state index contributed by atoms with van der Waals surface area (Å²) in [5.74, 6) is 0.228. The van der Waals surface area contributed by atoms with E-state index < -0.39 is 5.91 Å². The molecule has 14 heavy (non-hydrogen) atoms. The van der Waals surface area contributed by atoms with Crippen molar-refractivity contribution in [1.29, 1.82) is 0 Å². The van der Waals surface area contributed by atoms with Gasteiger partial charge in [-0.1, -0.05) is 6.07 Å². The van der Waals surface area contributed by atoms with Crippen molar-refractivity contribution in [3.8, 4) is 5.75 Å². The maximum Gasteiger partial charge on any atom is 0.284 e. The largest absolute Gasteiger partial charge is 0.496 e. The number of amides is 1. The Balaban J connectivity index is 2.70. The minimum atomic E-state index is -0.580. The van der Waals surface area contributed by atoms with Gasteiger partial charge in [0.15, 0.2) is 5.76 Å². The normalized spacial score (nSPS) is 10.4. The van der Waals surface area contributed by atoms with E-state index in [2.05, 4.69) is 0 Å². The highest BCUT2D eigenvalue weighted by Crippen LogP contribution is 2.27. The van der Waals surface area contributed by atoms with Crippen LogP contribution in [0.2, 0.25) is 0 Å². The lowest BCUT2D eigenvalue weighted by atomic mass is 10.2. The van der Waals surface area contributed by atoms with Crippen molar-refractivity contribution in [1.82, 2.24) is 0 Å². The van der Waals surface area contributed by atoms with E-state index in [0.29, 0.717) is 11.3 Å². The van der Waals surface area contributed by atoms with Crippen LogP contribution < -0.4 is 10.5 Å². The van der Waals surface area contributed by atoms with E-state index in [9.17, 15) is 4.79 Å². The molecule has 4 nitrogen and oxygen atoms in total. The molecule has 1 aromatic carbocycles. The van der Waals surface area contributed by atoms with Gasteiger partial charge in [0, 0.05) is 6.07 Å². The van der Waals surface area contributed by atoms with Gasteiger partial charge in [0.2, 0.25) is 0 Å². The lowest BCUT2D eigenvalue weighted by Crippen LogP contribution is -2.08. The lowest BCUT2D eigenvalue weighted by Gasteiger charge is -1.98. The Hall–Kier alpha value is -1.97. The molecule has 2 rings (SSSR count). The number of methoxy groups -OCH3 is 1. The van der Waals surface area contributed by atoms with Crippen LogP contribution in [0.4, 0.5) is 0 Å². The first-order chi connectivity index (χ1) is 6.72. The van der Waals surface area contributed by atoms with Gasteiger partial charge in [-0.15, -0.1) is 0 Å². The molecule has 0 aliphatic carbocycles. The summed E-state index contributed by atoms with van der Waals surface area (Å²) >= 11 is 0. The molecular weight excluding hydrogens is 182 g/mol. The quantitative estimate of drug-likeness (QED) is 0.782. The molecule has 0 atom stereocenters. The maximum absolute atomic E-state index is 10.9. The van der Waals surface area contributed by atoms with Gasteiger partial charge in [-0.05, 0) is 12.1 Å². The second-order valence-corrected chi connectivity index (χ2v) is 2.85. The lowest BCUT2D eigenvalue weighted by molar-refractivity contribution is 0.0976. The molecule has 0 aliphatic rings. The van der Waals surface area contributed by atoms with Crippen LogP contribution in [-0.2, 0) is 0 Å². The van der Waals surface area contributed by atoms with E-state index in [1.165, 1.54) is 0 Å². The number of carbonyl (C=O) groups is 1. The van der Waals surface area contributed by atoms with E-state index in [-0.39, 0.29) is 5.76 Å². The zero-order valence-electron chi connectivity index (χ0n) is 7.61. The number of hydrogen-bond donors (Lipinski definition) is 1. The Morgan fingerprint density at radius 3 is 2.93 bits per heavy atom. The Morgan fingerprint density at radius 2 is 2.29 bits per heavy atom. The summed E-state index contributed by atoms with van der Waals surface area (Å²) in [6.07, 6.45) is 0. The molecule has 2 aromatic rings. The zero-order chi connectivity index (χ0) is 10.1. The minimum absolute atomic E-state index is 0.143. The molecule has 1 heterocycles. The standard InChI is InChI=1S/C10H9NO3/c1-13-7-3-2-4-8-6(7)5-9(14-8)10(11)12/h2-5H,1H3,(H2,11,12). The number of ether oxygens (including phenoxy) is 1. The molecule has 0 bridgehead atoms. The zero-order valence-corrected chi connectivity index (χ0v) is 7.61. The van der Waals surface area contributed by atoms with Crippen LogP contribution >= 0.6 is 0 Å². The summed E-state index contributed by atoms with van der Waals surface area (Å²) in [7, 11) is 1.56. The molecule has 4 heteroatoms. The van der Waals surface area contributed by atoms with Gasteiger partial charge in [0.25, 0.3) is 5.91 Å². The van der Waals surface area contributed by atoms with E-state index >= 15 is 0 Å². The smallest absolute Gasteiger partial charge is 0.284 e. The molecule has 0 saturated heterocycles. The Bertz CT molecular complexity index is 487.